The van der Waals surface area contributed by atoms with Gasteiger partial charge in [0.15, 0.2) is 0 Å². The van der Waals surface area contributed by atoms with Crippen molar-refractivity contribution in [1.29, 1.82) is 0 Å². The summed E-state index contributed by atoms with van der Waals surface area (Å²) in [6, 6.07) is 0. The summed E-state index contributed by atoms with van der Waals surface area (Å²) in [7, 11) is 0. The van der Waals surface area contributed by atoms with Crippen LogP contribution in [0.15, 0.2) is 6.33 Å². The second-order valence-corrected chi connectivity index (χ2v) is 5.00. The Bertz CT molecular complexity index is 370. The number of rotatable bonds is 1. The number of imidazole rings is 1. The molecule has 88 valence electrons. The molecule has 1 fully saturated rings. The second kappa shape index (κ2) is 3.86. The van der Waals surface area contributed by atoms with Crippen LogP contribution in [0, 0.1) is 5.92 Å². The van der Waals surface area contributed by atoms with Crippen molar-refractivity contribution in [1.82, 2.24) is 15.3 Å². The van der Waals surface area contributed by atoms with E-state index in [9.17, 15) is 0 Å². The summed E-state index contributed by atoms with van der Waals surface area (Å²) in [4.78, 5) is 7.80. The van der Waals surface area contributed by atoms with Gasteiger partial charge in [-0.2, -0.15) is 0 Å². The van der Waals surface area contributed by atoms with Crippen LogP contribution in [0.1, 0.15) is 31.2 Å². The molecular formula is C12H19N3O. The predicted octanol–water partition coefficient (Wildman–Crippen LogP) is 1.20. The Morgan fingerprint density at radius 1 is 1.44 bits per heavy atom. The van der Waals surface area contributed by atoms with Gasteiger partial charge in [-0.1, -0.05) is 0 Å². The average Bonchev–Trinajstić information content (AvgIpc) is 2.80. The molecule has 2 aliphatic heterocycles. The number of H-pyrrole nitrogens is 1. The SMILES string of the molecule is CC1(C2CCOCC2)NCCc2[nH]cnc21. The van der Waals surface area contributed by atoms with E-state index >= 15 is 0 Å². The number of nitrogens with one attached hydrogen (secondary N) is 2. The van der Waals surface area contributed by atoms with E-state index in [0.29, 0.717) is 5.92 Å². The smallest absolute Gasteiger partial charge is 0.0926 e. The second-order valence-electron chi connectivity index (χ2n) is 5.00. The zero-order chi connectivity index (χ0) is 11.0. The van der Waals surface area contributed by atoms with Crippen molar-refractivity contribution in [3.8, 4) is 0 Å². The molecule has 1 saturated heterocycles. The molecule has 4 nitrogen and oxygen atoms in total. The summed E-state index contributed by atoms with van der Waals surface area (Å²) in [5.41, 5.74) is 2.58. The largest absolute Gasteiger partial charge is 0.381 e. The lowest BCUT2D eigenvalue weighted by Crippen LogP contribution is -2.51. The first kappa shape index (κ1) is 10.3. The molecule has 2 aliphatic rings. The Morgan fingerprint density at radius 2 is 2.25 bits per heavy atom. The van der Waals surface area contributed by atoms with E-state index in [2.05, 4.69) is 22.2 Å². The van der Waals surface area contributed by atoms with Gasteiger partial charge in [0.25, 0.3) is 0 Å². The molecule has 0 saturated carbocycles. The van der Waals surface area contributed by atoms with Crippen molar-refractivity contribution in [2.75, 3.05) is 19.8 Å². The van der Waals surface area contributed by atoms with E-state index in [1.54, 1.807) is 0 Å². The van der Waals surface area contributed by atoms with Crippen molar-refractivity contribution in [3.05, 3.63) is 17.7 Å². The summed E-state index contributed by atoms with van der Waals surface area (Å²) in [5.74, 6) is 0.642. The standard InChI is InChI=1S/C12H19N3O/c1-12(9-3-6-16-7-4-9)11-10(2-5-15-12)13-8-14-11/h8-9,15H,2-7H2,1H3,(H,13,14). The Kier molecular flexibility index (Phi) is 2.48. The number of nitrogens with zero attached hydrogens (tertiary/aromatic N) is 1. The van der Waals surface area contributed by atoms with Crippen molar-refractivity contribution < 1.29 is 4.74 Å². The normalized spacial score (nSPS) is 31.3. The van der Waals surface area contributed by atoms with Crippen molar-refractivity contribution in [2.24, 2.45) is 5.92 Å². The van der Waals surface area contributed by atoms with E-state index in [0.717, 1.165) is 39.0 Å². The van der Waals surface area contributed by atoms with E-state index in [1.165, 1.54) is 11.4 Å². The van der Waals surface area contributed by atoms with Crippen LogP contribution in [-0.4, -0.2) is 29.7 Å². The lowest BCUT2D eigenvalue weighted by atomic mass is 9.75. The maximum absolute atomic E-state index is 5.45. The van der Waals surface area contributed by atoms with E-state index in [-0.39, 0.29) is 5.54 Å². The molecule has 0 radical (unpaired) electrons. The summed E-state index contributed by atoms with van der Waals surface area (Å²) in [5, 5.41) is 3.67. The topological polar surface area (TPSA) is 49.9 Å². The van der Waals surface area contributed by atoms with Crippen LogP contribution >= 0.6 is 0 Å². The number of ether oxygens (including phenoxy) is 1. The minimum absolute atomic E-state index is 0.0391. The van der Waals surface area contributed by atoms with Gasteiger partial charge in [-0.3, -0.25) is 0 Å². The van der Waals surface area contributed by atoms with Crippen LogP contribution in [0.25, 0.3) is 0 Å². The number of aromatic amines is 1. The van der Waals surface area contributed by atoms with E-state index in [4.69, 9.17) is 4.74 Å². The van der Waals surface area contributed by atoms with Crippen LogP contribution < -0.4 is 5.32 Å². The van der Waals surface area contributed by atoms with Crippen LogP contribution in [0.2, 0.25) is 0 Å². The molecule has 0 aliphatic carbocycles. The van der Waals surface area contributed by atoms with Gasteiger partial charge in [0.05, 0.1) is 17.6 Å². The molecule has 1 unspecified atom stereocenters. The van der Waals surface area contributed by atoms with Gasteiger partial charge in [-0.25, -0.2) is 4.98 Å². The molecule has 3 rings (SSSR count). The number of aromatic nitrogens is 2. The zero-order valence-electron chi connectivity index (χ0n) is 9.75. The minimum atomic E-state index is 0.0391. The highest BCUT2D eigenvalue weighted by Crippen LogP contribution is 2.37. The van der Waals surface area contributed by atoms with Gasteiger partial charge >= 0.3 is 0 Å². The lowest BCUT2D eigenvalue weighted by molar-refractivity contribution is 0.0286. The highest BCUT2D eigenvalue weighted by Gasteiger charge is 2.41. The Hall–Kier alpha value is -0.870. The third-order valence-electron chi connectivity index (χ3n) is 4.12. The number of hydrogen-bond acceptors (Lipinski definition) is 3. The van der Waals surface area contributed by atoms with Gasteiger partial charge < -0.3 is 15.0 Å². The molecule has 0 amide bonds. The first-order chi connectivity index (χ1) is 7.81. The third kappa shape index (κ3) is 1.48. The predicted molar refractivity (Wildman–Crippen MR) is 61.2 cm³/mol. The van der Waals surface area contributed by atoms with Gasteiger partial charge in [-0.15, -0.1) is 0 Å². The number of hydrogen-bond donors (Lipinski definition) is 2. The molecule has 1 aromatic rings. The molecule has 2 N–H and O–H groups in total. The first-order valence-electron chi connectivity index (χ1n) is 6.16. The number of fused-ring (bicyclic) bond motifs is 1. The molecule has 4 heteroatoms. The van der Waals surface area contributed by atoms with Crippen molar-refractivity contribution >= 4 is 0 Å². The maximum Gasteiger partial charge on any atom is 0.0926 e. The molecule has 0 bridgehead atoms. The fourth-order valence-corrected chi connectivity index (χ4v) is 3.10. The van der Waals surface area contributed by atoms with Crippen LogP contribution in [0.5, 0.6) is 0 Å². The van der Waals surface area contributed by atoms with Gasteiger partial charge in [-0.05, 0) is 25.7 Å². The zero-order valence-corrected chi connectivity index (χ0v) is 9.75. The molecule has 0 aromatic carbocycles. The fraction of sp³-hybridized carbons (Fsp3) is 0.750. The van der Waals surface area contributed by atoms with Crippen molar-refractivity contribution in [2.45, 2.75) is 31.7 Å². The van der Waals surface area contributed by atoms with Crippen LogP contribution in [0.3, 0.4) is 0 Å². The average molecular weight is 221 g/mol. The molecule has 3 heterocycles. The fourth-order valence-electron chi connectivity index (χ4n) is 3.10. The maximum atomic E-state index is 5.45. The Balaban J connectivity index is 1.93. The highest BCUT2D eigenvalue weighted by atomic mass is 16.5. The van der Waals surface area contributed by atoms with Gasteiger partial charge in [0.2, 0.25) is 0 Å². The van der Waals surface area contributed by atoms with Crippen molar-refractivity contribution in [3.63, 3.8) is 0 Å². The molecular weight excluding hydrogens is 202 g/mol. The third-order valence-corrected chi connectivity index (χ3v) is 4.12. The quantitative estimate of drug-likeness (QED) is 0.749. The molecule has 1 aromatic heterocycles. The lowest BCUT2D eigenvalue weighted by Gasteiger charge is -2.42. The van der Waals surface area contributed by atoms with Gasteiger partial charge in [0, 0.05) is 31.9 Å². The Labute approximate surface area is 95.8 Å². The molecule has 1 atom stereocenters. The summed E-state index contributed by atoms with van der Waals surface area (Å²) >= 11 is 0. The van der Waals surface area contributed by atoms with E-state index in [1.807, 2.05) is 6.33 Å². The summed E-state index contributed by atoms with van der Waals surface area (Å²) in [6.07, 6.45) is 5.16. The molecule has 0 spiro atoms. The highest BCUT2D eigenvalue weighted by molar-refractivity contribution is 5.25. The van der Waals surface area contributed by atoms with Crippen LogP contribution in [-0.2, 0) is 16.7 Å². The van der Waals surface area contributed by atoms with E-state index < -0.39 is 0 Å². The van der Waals surface area contributed by atoms with Crippen LogP contribution in [0.4, 0.5) is 0 Å². The monoisotopic (exact) mass is 221 g/mol. The molecule has 16 heavy (non-hydrogen) atoms. The summed E-state index contributed by atoms with van der Waals surface area (Å²) in [6.45, 7) is 5.12. The van der Waals surface area contributed by atoms with Gasteiger partial charge in [0.1, 0.15) is 0 Å². The first-order valence-corrected chi connectivity index (χ1v) is 6.16. The summed E-state index contributed by atoms with van der Waals surface area (Å²) < 4.78 is 5.45. The minimum Gasteiger partial charge on any atom is -0.381 e. The Morgan fingerprint density at radius 3 is 3.06 bits per heavy atom.